The molecule has 0 bridgehead atoms. The van der Waals surface area contributed by atoms with Gasteiger partial charge in [-0.25, -0.2) is 0 Å². The lowest BCUT2D eigenvalue weighted by atomic mass is 10.2. The molecule has 1 amide bonds. The summed E-state index contributed by atoms with van der Waals surface area (Å²) in [7, 11) is 0. The van der Waals surface area contributed by atoms with Gasteiger partial charge in [0.15, 0.2) is 6.61 Å². The molecule has 1 fully saturated rings. The molecule has 0 aromatic heterocycles. The fourth-order valence-corrected chi connectivity index (χ4v) is 2.49. The van der Waals surface area contributed by atoms with Crippen molar-refractivity contribution in [3.63, 3.8) is 0 Å². The van der Waals surface area contributed by atoms with Crippen molar-refractivity contribution in [1.29, 1.82) is 0 Å². The van der Waals surface area contributed by atoms with E-state index < -0.39 is 12.8 Å². The minimum absolute atomic E-state index is 0.177. The minimum atomic E-state index is -4.33. The molecule has 23 heavy (non-hydrogen) atoms. The second kappa shape index (κ2) is 7.68. The summed E-state index contributed by atoms with van der Waals surface area (Å²) in [6.45, 7) is 4.35. The smallest absolute Gasteiger partial charge is 0.422 e. The van der Waals surface area contributed by atoms with E-state index in [0.29, 0.717) is 13.0 Å². The molecule has 0 radical (unpaired) electrons. The summed E-state index contributed by atoms with van der Waals surface area (Å²) in [5.41, 5.74) is 1.01. The van der Waals surface area contributed by atoms with Gasteiger partial charge in [0.1, 0.15) is 5.75 Å². The molecule has 4 nitrogen and oxygen atoms in total. The largest absolute Gasteiger partial charge is 0.484 e. The molecule has 1 saturated heterocycles. The molecule has 1 aromatic rings. The topological polar surface area (TPSA) is 32.8 Å². The first-order valence-electron chi connectivity index (χ1n) is 7.66. The van der Waals surface area contributed by atoms with Crippen molar-refractivity contribution in [2.75, 3.05) is 32.8 Å². The number of hydrogen-bond acceptors (Lipinski definition) is 3. The number of nitrogens with zero attached hydrogens (tertiary/aromatic N) is 2. The van der Waals surface area contributed by atoms with Crippen LogP contribution in [0.15, 0.2) is 24.3 Å². The van der Waals surface area contributed by atoms with Crippen molar-refractivity contribution in [3.8, 4) is 5.75 Å². The second-order valence-electron chi connectivity index (χ2n) is 5.56. The van der Waals surface area contributed by atoms with Crippen LogP contribution in [-0.4, -0.2) is 54.7 Å². The average Bonchev–Trinajstić information content (AvgIpc) is 2.53. The van der Waals surface area contributed by atoms with Crippen molar-refractivity contribution in [2.45, 2.75) is 26.1 Å². The first-order valence-corrected chi connectivity index (χ1v) is 7.66. The molecule has 1 heterocycles. The number of carbonyl (C=O) groups is 1. The van der Waals surface area contributed by atoms with Gasteiger partial charge in [0, 0.05) is 39.1 Å². The summed E-state index contributed by atoms with van der Waals surface area (Å²) >= 11 is 0. The first-order chi connectivity index (χ1) is 10.9. The molecular weight excluding hydrogens is 309 g/mol. The number of rotatable bonds is 5. The van der Waals surface area contributed by atoms with Gasteiger partial charge in [-0.2, -0.15) is 13.2 Å². The Kier molecular flexibility index (Phi) is 5.87. The van der Waals surface area contributed by atoms with E-state index in [1.807, 2.05) is 11.8 Å². The van der Waals surface area contributed by atoms with Crippen molar-refractivity contribution in [2.24, 2.45) is 0 Å². The second-order valence-corrected chi connectivity index (χ2v) is 5.56. The van der Waals surface area contributed by atoms with Gasteiger partial charge in [0.2, 0.25) is 5.91 Å². The lowest BCUT2D eigenvalue weighted by Crippen LogP contribution is -2.48. The molecule has 0 spiro atoms. The van der Waals surface area contributed by atoms with Gasteiger partial charge in [-0.05, 0) is 17.7 Å². The molecule has 0 atom stereocenters. The number of carbonyl (C=O) groups excluding carboxylic acids is 1. The highest BCUT2D eigenvalue weighted by atomic mass is 19.4. The molecule has 1 aromatic carbocycles. The van der Waals surface area contributed by atoms with Gasteiger partial charge < -0.3 is 9.64 Å². The van der Waals surface area contributed by atoms with Gasteiger partial charge in [-0.1, -0.05) is 19.1 Å². The number of benzene rings is 1. The number of halogens is 3. The Labute approximate surface area is 133 Å². The van der Waals surface area contributed by atoms with Crippen LogP contribution in [0, 0.1) is 0 Å². The van der Waals surface area contributed by atoms with Crippen LogP contribution in [0.1, 0.15) is 18.9 Å². The third kappa shape index (κ3) is 5.74. The maximum absolute atomic E-state index is 12.1. The van der Waals surface area contributed by atoms with Crippen LogP contribution in [0.3, 0.4) is 0 Å². The zero-order chi connectivity index (χ0) is 16.9. The SMILES string of the molecule is CCC(=O)N1CCN(Cc2ccc(OCC(F)(F)F)cc2)CC1. The highest BCUT2D eigenvalue weighted by Gasteiger charge is 2.28. The molecule has 2 rings (SSSR count). The maximum Gasteiger partial charge on any atom is 0.422 e. The molecular formula is C16H21F3N2O2. The average molecular weight is 330 g/mol. The van der Waals surface area contributed by atoms with E-state index in [1.165, 1.54) is 0 Å². The molecule has 0 aliphatic carbocycles. The van der Waals surface area contributed by atoms with Gasteiger partial charge in [-0.3, -0.25) is 9.69 Å². The van der Waals surface area contributed by atoms with Crippen LogP contribution in [0.5, 0.6) is 5.75 Å². The van der Waals surface area contributed by atoms with E-state index in [9.17, 15) is 18.0 Å². The van der Waals surface area contributed by atoms with Crippen molar-refractivity contribution in [1.82, 2.24) is 9.80 Å². The number of alkyl halides is 3. The third-order valence-electron chi connectivity index (χ3n) is 3.76. The van der Waals surface area contributed by atoms with Crippen LogP contribution in [0.4, 0.5) is 13.2 Å². The quantitative estimate of drug-likeness (QED) is 0.832. The van der Waals surface area contributed by atoms with E-state index in [2.05, 4.69) is 9.64 Å². The Morgan fingerprint density at radius 2 is 1.74 bits per heavy atom. The van der Waals surface area contributed by atoms with Crippen LogP contribution in [0.2, 0.25) is 0 Å². The van der Waals surface area contributed by atoms with Crippen molar-refractivity contribution >= 4 is 5.91 Å². The lowest BCUT2D eigenvalue weighted by molar-refractivity contribution is -0.153. The zero-order valence-electron chi connectivity index (χ0n) is 13.1. The number of piperazine rings is 1. The fraction of sp³-hybridized carbons (Fsp3) is 0.562. The highest BCUT2D eigenvalue weighted by Crippen LogP contribution is 2.19. The number of amides is 1. The third-order valence-corrected chi connectivity index (χ3v) is 3.76. The maximum atomic E-state index is 12.1. The summed E-state index contributed by atoms with van der Waals surface area (Å²) < 4.78 is 40.9. The van der Waals surface area contributed by atoms with E-state index in [4.69, 9.17) is 0 Å². The summed E-state index contributed by atoms with van der Waals surface area (Å²) in [5, 5.41) is 0. The predicted molar refractivity (Wildman–Crippen MR) is 80.1 cm³/mol. The standard InChI is InChI=1S/C16H21F3N2O2/c1-2-15(22)21-9-7-20(8-10-21)11-13-3-5-14(6-4-13)23-12-16(17,18)19/h3-6H,2,7-12H2,1H3. The van der Waals surface area contributed by atoms with E-state index in [0.717, 1.165) is 31.7 Å². The van der Waals surface area contributed by atoms with E-state index in [-0.39, 0.29) is 11.7 Å². The summed E-state index contributed by atoms with van der Waals surface area (Å²) in [4.78, 5) is 15.7. The Balaban J connectivity index is 1.79. The lowest BCUT2D eigenvalue weighted by Gasteiger charge is -2.34. The summed E-state index contributed by atoms with van der Waals surface area (Å²) in [6.07, 6.45) is -3.80. The van der Waals surface area contributed by atoms with Crippen molar-refractivity contribution < 1.29 is 22.7 Å². The Hall–Kier alpha value is -1.76. The van der Waals surface area contributed by atoms with Crippen LogP contribution < -0.4 is 4.74 Å². The molecule has 7 heteroatoms. The van der Waals surface area contributed by atoms with Crippen LogP contribution in [0.25, 0.3) is 0 Å². The van der Waals surface area contributed by atoms with Gasteiger partial charge in [0.25, 0.3) is 0 Å². The number of hydrogen-bond donors (Lipinski definition) is 0. The number of ether oxygens (including phenoxy) is 1. The molecule has 128 valence electrons. The predicted octanol–water partition coefficient (Wildman–Crippen LogP) is 2.68. The van der Waals surface area contributed by atoms with Crippen LogP contribution >= 0.6 is 0 Å². The molecule has 0 N–H and O–H groups in total. The first kappa shape index (κ1) is 17.6. The molecule has 0 unspecified atom stereocenters. The summed E-state index contributed by atoms with van der Waals surface area (Å²) in [6, 6.07) is 6.65. The molecule has 0 saturated carbocycles. The van der Waals surface area contributed by atoms with Crippen LogP contribution in [-0.2, 0) is 11.3 Å². The fourth-order valence-electron chi connectivity index (χ4n) is 2.49. The van der Waals surface area contributed by atoms with E-state index >= 15 is 0 Å². The monoisotopic (exact) mass is 330 g/mol. The zero-order valence-corrected chi connectivity index (χ0v) is 13.1. The highest BCUT2D eigenvalue weighted by molar-refractivity contribution is 5.75. The van der Waals surface area contributed by atoms with Gasteiger partial charge in [-0.15, -0.1) is 0 Å². The molecule has 1 aliphatic heterocycles. The Morgan fingerprint density at radius 1 is 1.13 bits per heavy atom. The Bertz CT molecular complexity index is 509. The normalized spacial score (nSPS) is 16.4. The molecule has 1 aliphatic rings. The van der Waals surface area contributed by atoms with Gasteiger partial charge in [0.05, 0.1) is 0 Å². The minimum Gasteiger partial charge on any atom is -0.484 e. The van der Waals surface area contributed by atoms with E-state index in [1.54, 1.807) is 24.3 Å². The van der Waals surface area contributed by atoms with Crippen molar-refractivity contribution in [3.05, 3.63) is 29.8 Å². The summed E-state index contributed by atoms with van der Waals surface area (Å²) in [5.74, 6) is 0.389. The van der Waals surface area contributed by atoms with Gasteiger partial charge >= 0.3 is 6.18 Å². The Morgan fingerprint density at radius 3 is 2.26 bits per heavy atom.